The fourth-order valence-corrected chi connectivity index (χ4v) is 3.53. The summed E-state index contributed by atoms with van der Waals surface area (Å²) in [5.41, 5.74) is 2.48. The quantitative estimate of drug-likeness (QED) is 0.911. The SMILES string of the molecule is CCC(C(=O)Nc1cc(C)on1)N1CCc2c(ncn2C2CC2)C1. The molecule has 2 aromatic heterocycles. The summed E-state index contributed by atoms with van der Waals surface area (Å²) >= 11 is 0. The highest BCUT2D eigenvalue weighted by molar-refractivity contribution is 5.94. The number of nitrogens with one attached hydrogen (secondary N) is 1. The van der Waals surface area contributed by atoms with Gasteiger partial charge in [0.2, 0.25) is 5.91 Å². The van der Waals surface area contributed by atoms with Crippen LogP contribution in [0.2, 0.25) is 0 Å². The third-order valence-corrected chi connectivity index (χ3v) is 4.92. The summed E-state index contributed by atoms with van der Waals surface area (Å²) in [6, 6.07) is 2.21. The van der Waals surface area contributed by atoms with Crippen LogP contribution in [0.4, 0.5) is 5.82 Å². The van der Waals surface area contributed by atoms with Gasteiger partial charge in [0.05, 0.1) is 18.1 Å². The van der Waals surface area contributed by atoms with Crippen LogP contribution in [0.5, 0.6) is 0 Å². The number of hydrogen-bond acceptors (Lipinski definition) is 5. The first kappa shape index (κ1) is 15.4. The Morgan fingerprint density at radius 2 is 2.33 bits per heavy atom. The molecular formula is C17H23N5O2. The van der Waals surface area contributed by atoms with Gasteiger partial charge in [-0.25, -0.2) is 4.98 Å². The van der Waals surface area contributed by atoms with Crippen LogP contribution in [0.3, 0.4) is 0 Å². The second-order valence-corrected chi connectivity index (χ2v) is 6.73. The van der Waals surface area contributed by atoms with E-state index in [1.54, 1.807) is 6.07 Å². The van der Waals surface area contributed by atoms with Gasteiger partial charge >= 0.3 is 0 Å². The normalized spacial score (nSPS) is 19.1. The minimum atomic E-state index is -0.179. The lowest BCUT2D eigenvalue weighted by Crippen LogP contribution is -2.46. The van der Waals surface area contributed by atoms with Crippen LogP contribution in [0.15, 0.2) is 16.9 Å². The molecule has 24 heavy (non-hydrogen) atoms. The molecule has 128 valence electrons. The summed E-state index contributed by atoms with van der Waals surface area (Å²) in [7, 11) is 0. The summed E-state index contributed by atoms with van der Waals surface area (Å²) in [5, 5.41) is 6.70. The molecule has 1 aliphatic heterocycles. The van der Waals surface area contributed by atoms with Crippen LogP contribution < -0.4 is 5.32 Å². The van der Waals surface area contributed by atoms with E-state index in [1.165, 1.54) is 18.5 Å². The van der Waals surface area contributed by atoms with Crippen LogP contribution in [0, 0.1) is 6.92 Å². The van der Waals surface area contributed by atoms with Gasteiger partial charge in [-0.3, -0.25) is 9.69 Å². The molecule has 0 aromatic carbocycles. The smallest absolute Gasteiger partial charge is 0.242 e. The van der Waals surface area contributed by atoms with Gasteiger partial charge in [-0.15, -0.1) is 0 Å². The first-order valence-electron chi connectivity index (χ1n) is 8.68. The zero-order valence-corrected chi connectivity index (χ0v) is 14.2. The average molecular weight is 329 g/mol. The van der Waals surface area contributed by atoms with Gasteiger partial charge in [0.1, 0.15) is 5.76 Å². The van der Waals surface area contributed by atoms with Crippen molar-refractivity contribution in [2.24, 2.45) is 0 Å². The first-order valence-corrected chi connectivity index (χ1v) is 8.68. The predicted octanol–water partition coefficient (Wildman–Crippen LogP) is 2.29. The Labute approximate surface area is 141 Å². The van der Waals surface area contributed by atoms with Gasteiger partial charge in [0, 0.05) is 37.3 Å². The van der Waals surface area contributed by atoms with Crippen LogP contribution >= 0.6 is 0 Å². The molecule has 2 aromatic rings. The zero-order valence-electron chi connectivity index (χ0n) is 14.2. The van der Waals surface area contributed by atoms with Gasteiger partial charge in [0.25, 0.3) is 0 Å². The summed E-state index contributed by atoms with van der Waals surface area (Å²) in [5.74, 6) is 1.13. The van der Waals surface area contributed by atoms with E-state index in [0.717, 1.165) is 31.6 Å². The van der Waals surface area contributed by atoms with E-state index in [2.05, 4.69) is 24.9 Å². The van der Waals surface area contributed by atoms with Crippen molar-refractivity contribution in [1.29, 1.82) is 0 Å². The van der Waals surface area contributed by atoms with E-state index in [1.807, 2.05) is 20.2 Å². The molecule has 3 heterocycles. The van der Waals surface area contributed by atoms with Gasteiger partial charge < -0.3 is 14.4 Å². The molecule has 1 saturated carbocycles. The molecule has 1 fully saturated rings. The molecule has 0 spiro atoms. The van der Waals surface area contributed by atoms with E-state index >= 15 is 0 Å². The minimum absolute atomic E-state index is 0.0316. The lowest BCUT2D eigenvalue weighted by atomic mass is 10.1. The summed E-state index contributed by atoms with van der Waals surface area (Å²) in [4.78, 5) is 19.4. The Bertz CT molecular complexity index is 746. The molecule has 1 unspecified atom stereocenters. The van der Waals surface area contributed by atoms with Crippen molar-refractivity contribution < 1.29 is 9.32 Å². The van der Waals surface area contributed by atoms with Gasteiger partial charge in [-0.2, -0.15) is 0 Å². The van der Waals surface area contributed by atoms with Crippen molar-refractivity contribution in [3.05, 3.63) is 29.5 Å². The number of rotatable bonds is 5. The maximum atomic E-state index is 12.6. The third kappa shape index (κ3) is 2.84. The molecule has 0 bridgehead atoms. The highest BCUT2D eigenvalue weighted by atomic mass is 16.5. The van der Waals surface area contributed by atoms with E-state index < -0.39 is 0 Å². The summed E-state index contributed by atoms with van der Waals surface area (Å²) < 4.78 is 7.35. The molecule has 0 radical (unpaired) electrons. The predicted molar refractivity (Wildman–Crippen MR) is 88.6 cm³/mol. The zero-order chi connectivity index (χ0) is 16.7. The van der Waals surface area contributed by atoms with Crippen LogP contribution in [0.25, 0.3) is 0 Å². The van der Waals surface area contributed by atoms with Crippen molar-refractivity contribution in [2.75, 3.05) is 11.9 Å². The summed E-state index contributed by atoms with van der Waals surface area (Å²) in [6.07, 6.45) is 6.22. The van der Waals surface area contributed by atoms with Crippen molar-refractivity contribution in [3.8, 4) is 0 Å². The summed E-state index contributed by atoms with van der Waals surface area (Å²) in [6.45, 7) is 5.47. The minimum Gasteiger partial charge on any atom is -0.360 e. The van der Waals surface area contributed by atoms with E-state index in [9.17, 15) is 4.79 Å². The van der Waals surface area contributed by atoms with E-state index in [4.69, 9.17) is 4.52 Å². The van der Waals surface area contributed by atoms with Crippen LogP contribution in [-0.2, 0) is 17.8 Å². The van der Waals surface area contributed by atoms with Gasteiger partial charge in [0.15, 0.2) is 5.82 Å². The molecule has 4 rings (SSSR count). The Balaban J connectivity index is 1.46. The number of carbonyl (C=O) groups excluding carboxylic acids is 1. The van der Waals surface area contributed by atoms with Crippen molar-refractivity contribution in [3.63, 3.8) is 0 Å². The Morgan fingerprint density at radius 1 is 1.50 bits per heavy atom. The highest BCUT2D eigenvalue weighted by Crippen LogP contribution is 2.37. The number of aryl methyl sites for hydroxylation is 1. The van der Waals surface area contributed by atoms with Gasteiger partial charge in [-0.05, 0) is 26.2 Å². The molecule has 2 aliphatic rings. The number of imidazole rings is 1. The number of aromatic nitrogens is 3. The maximum absolute atomic E-state index is 12.6. The number of nitrogens with zero attached hydrogens (tertiary/aromatic N) is 4. The van der Waals surface area contributed by atoms with Crippen molar-refractivity contribution >= 4 is 11.7 Å². The standard InChI is InChI=1S/C17H23N5O2/c1-3-14(17(23)19-16-8-11(2)24-20-16)21-7-6-15-13(9-21)18-10-22(15)12-4-5-12/h8,10,12,14H,3-7,9H2,1-2H3,(H,19,20,23). The largest absolute Gasteiger partial charge is 0.360 e. The number of carbonyl (C=O) groups is 1. The third-order valence-electron chi connectivity index (χ3n) is 4.92. The maximum Gasteiger partial charge on any atom is 0.242 e. The van der Waals surface area contributed by atoms with Gasteiger partial charge in [-0.1, -0.05) is 12.1 Å². The second-order valence-electron chi connectivity index (χ2n) is 6.73. The Morgan fingerprint density at radius 3 is 3.00 bits per heavy atom. The Kier molecular flexibility index (Phi) is 3.88. The molecule has 1 amide bonds. The second kappa shape index (κ2) is 6.05. The average Bonchev–Trinajstić information content (AvgIpc) is 3.20. The molecule has 0 saturated heterocycles. The number of anilines is 1. The van der Waals surface area contributed by atoms with Crippen LogP contribution in [-0.4, -0.2) is 38.1 Å². The van der Waals surface area contributed by atoms with Crippen molar-refractivity contribution in [1.82, 2.24) is 19.6 Å². The Hall–Kier alpha value is -2.15. The lowest BCUT2D eigenvalue weighted by Gasteiger charge is -2.32. The molecule has 7 heteroatoms. The highest BCUT2D eigenvalue weighted by Gasteiger charge is 2.33. The number of amides is 1. The fourth-order valence-electron chi connectivity index (χ4n) is 3.53. The number of fused-ring (bicyclic) bond motifs is 1. The molecule has 7 nitrogen and oxygen atoms in total. The lowest BCUT2D eigenvalue weighted by molar-refractivity contribution is -0.121. The van der Waals surface area contributed by atoms with Crippen molar-refractivity contribution in [2.45, 2.75) is 58.2 Å². The molecule has 1 N–H and O–H groups in total. The molecule has 1 atom stereocenters. The molecular weight excluding hydrogens is 306 g/mol. The molecule has 1 aliphatic carbocycles. The van der Waals surface area contributed by atoms with E-state index in [0.29, 0.717) is 17.6 Å². The first-order chi connectivity index (χ1) is 11.7. The van der Waals surface area contributed by atoms with Crippen LogP contribution in [0.1, 0.15) is 49.4 Å². The fraction of sp³-hybridized carbons (Fsp3) is 0.588. The van der Waals surface area contributed by atoms with E-state index in [-0.39, 0.29) is 11.9 Å². The topological polar surface area (TPSA) is 76.2 Å². The number of hydrogen-bond donors (Lipinski definition) is 1. The monoisotopic (exact) mass is 329 g/mol.